The molecular formula is C46H48O2. The highest BCUT2D eigenvalue weighted by Crippen LogP contribution is 2.44. The van der Waals surface area contributed by atoms with Crippen LogP contribution in [0.5, 0.6) is 11.5 Å². The molecular weight excluding hydrogens is 585 g/mol. The lowest BCUT2D eigenvalue weighted by Crippen LogP contribution is -2.07. The van der Waals surface area contributed by atoms with E-state index in [4.69, 9.17) is 9.47 Å². The minimum Gasteiger partial charge on any atom is -0.488 e. The highest BCUT2D eigenvalue weighted by atomic mass is 16.5. The molecule has 2 aliphatic heterocycles. The Labute approximate surface area is 286 Å². The third-order valence-corrected chi connectivity index (χ3v) is 10.3. The van der Waals surface area contributed by atoms with Crippen LogP contribution in [0, 0.1) is 0 Å². The first-order chi connectivity index (χ1) is 23.1. The van der Waals surface area contributed by atoms with Crippen LogP contribution in [0.1, 0.15) is 112 Å². The van der Waals surface area contributed by atoms with Gasteiger partial charge in [0.2, 0.25) is 0 Å². The van der Waals surface area contributed by atoms with Crippen molar-refractivity contribution in [2.45, 2.75) is 92.3 Å². The summed E-state index contributed by atoms with van der Waals surface area (Å²) in [5.74, 6) is 4.21. The van der Waals surface area contributed by atoms with Crippen molar-refractivity contribution in [3.05, 3.63) is 130 Å². The van der Waals surface area contributed by atoms with E-state index in [0.29, 0.717) is 36.9 Å². The van der Waals surface area contributed by atoms with E-state index in [9.17, 15) is 0 Å². The number of hydrogen-bond acceptors (Lipinski definition) is 2. The van der Waals surface area contributed by atoms with Gasteiger partial charge < -0.3 is 9.47 Å². The molecule has 0 aliphatic carbocycles. The van der Waals surface area contributed by atoms with Crippen molar-refractivity contribution in [1.82, 2.24) is 0 Å². The van der Waals surface area contributed by atoms with E-state index < -0.39 is 0 Å². The molecule has 244 valence electrons. The number of hydrogen-bond donors (Lipinski definition) is 0. The van der Waals surface area contributed by atoms with Gasteiger partial charge in [-0.05, 0) is 84.8 Å². The highest BCUT2D eigenvalue weighted by molar-refractivity contribution is 5.97. The summed E-state index contributed by atoms with van der Waals surface area (Å²) < 4.78 is 12.3. The van der Waals surface area contributed by atoms with Gasteiger partial charge in [0.1, 0.15) is 24.7 Å². The second-order valence-electron chi connectivity index (χ2n) is 14.9. The van der Waals surface area contributed by atoms with Crippen LogP contribution in [-0.4, -0.2) is 0 Å². The number of fused-ring (bicyclic) bond motifs is 10. The van der Waals surface area contributed by atoms with Gasteiger partial charge in [0.25, 0.3) is 0 Å². The van der Waals surface area contributed by atoms with E-state index in [1.807, 2.05) is 0 Å². The van der Waals surface area contributed by atoms with Gasteiger partial charge in [-0.1, -0.05) is 146 Å². The Morgan fingerprint density at radius 2 is 0.917 bits per heavy atom. The topological polar surface area (TPSA) is 18.5 Å². The van der Waals surface area contributed by atoms with Gasteiger partial charge in [0.05, 0.1) is 0 Å². The van der Waals surface area contributed by atoms with Crippen LogP contribution in [-0.2, 0) is 13.2 Å². The molecule has 8 rings (SSSR count). The van der Waals surface area contributed by atoms with Crippen LogP contribution in [0.4, 0.5) is 0 Å². The molecule has 0 bridgehead atoms. The molecule has 0 spiro atoms. The van der Waals surface area contributed by atoms with Crippen LogP contribution >= 0.6 is 0 Å². The molecule has 6 aromatic carbocycles. The Morgan fingerprint density at radius 1 is 0.417 bits per heavy atom. The van der Waals surface area contributed by atoms with Crippen LogP contribution in [0.15, 0.2) is 97.1 Å². The fraction of sp³-hybridized carbons (Fsp3) is 0.304. The first-order valence-corrected chi connectivity index (χ1v) is 17.7. The van der Waals surface area contributed by atoms with E-state index in [2.05, 4.69) is 152 Å². The summed E-state index contributed by atoms with van der Waals surface area (Å²) in [6.45, 7) is 19.2. The lowest BCUT2D eigenvalue weighted by Gasteiger charge is -2.24. The molecule has 0 saturated heterocycles. The van der Waals surface area contributed by atoms with Crippen molar-refractivity contribution in [2.75, 3.05) is 0 Å². The molecule has 0 amide bonds. The van der Waals surface area contributed by atoms with Gasteiger partial charge in [0.15, 0.2) is 0 Å². The normalized spacial score (nSPS) is 13.1. The second kappa shape index (κ2) is 12.8. The van der Waals surface area contributed by atoms with E-state index in [-0.39, 0.29) is 0 Å². The van der Waals surface area contributed by atoms with Gasteiger partial charge in [-0.2, -0.15) is 0 Å². The second-order valence-corrected chi connectivity index (χ2v) is 14.9. The molecule has 0 radical (unpaired) electrons. The summed E-state index contributed by atoms with van der Waals surface area (Å²) in [5.41, 5.74) is 13.2. The van der Waals surface area contributed by atoms with Crippen LogP contribution in [0.3, 0.4) is 0 Å². The van der Waals surface area contributed by atoms with Crippen molar-refractivity contribution >= 4 is 21.5 Å². The van der Waals surface area contributed by atoms with Crippen LogP contribution in [0.25, 0.3) is 43.8 Å². The lowest BCUT2D eigenvalue weighted by molar-refractivity contribution is 0.303. The molecule has 2 heteroatoms. The van der Waals surface area contributed by atoms with E-state index in [1.54, 1.807) is 0 Å². The zero-order chi connectivity index (χ0) is 33.7. The smallest absolute Gasteiger partial charge is 0.135 e. The summed E-state index contributed by atoms with van der Waals surface area (Å²) in [5, 5.41) is 5.11. The molecule has 0 saturated carbocycles. The van der Waals surface area contributed by atoms with Crippen molar-refractivity contribution in [3.8, 4) is 33.8 Å². The van der Waals surface area contributed by atoms with E-state index in [1.165, 1.54) is 77.2 Å². The largest absolute Gasteiger partial charge is 0.488 e. The lowest BCUT2D eigenvalue weighted by atomic mass is 9.89. The van der Waals surface area contributed by atoms with Crippen molar-refractivity contribution in [1.29, 1.82) is 0 Å². The van der Waals surface area contributed by atoms with Crippen molar-refractivity contribution in [2.24, 2.45) is 0 Å². The van der Waals surface area contributed by atoms with Crippen LogP contribution in [0.2, 0.25) is 0 Å². The molecule has 2 heterocycles. The molecule has 0 aromatic heterocycles. The summed E-state index contributed by atoms with van der Waals surface area (Å²) in [4.78, 5) is 0. The van der Waals surface area contributed by atoms with E-state index >= 15 is 0 Å². The monoisotopic (exact) mass is 632 g/mol. The molecule has 0 fully saturated rings. The molecule has 0 atom stereocenters. The van der Waals surface area contributed by atoms with Crippen LogP contribution < -0.4 is 9.47 Å². The molecule has 2 nitrogen and oxygen atoms in total. The quantitative estimate of drug-likeness (QED) is 0.192. The first-order valence-electron chi connectivity index (χ1n) is 17.7. The average Bonchev–Trinajstić information content (AvgIpc) is 3.10. The predicted molar refractivity (Wildman–Crippen MR) is 204 cm³/mol. The Morgan fingerprint density at radius 3 is 1.56 bits per heavy atom. The number of ether oxygens (including phenoxy) is 2. The molecule has 6 aromatic rings. The first kappa shape index (κ1) is 32.0. The molecule has 0 N–H and O–H groups in total. The van der Waals surface area contributed by atoms with Crippen molar-refractivity contribution in [3.63, 3.8) is 0 Å². The SMILES string of the molecule is CC(C)c1ccc2c(c1)COc1c-2ccc2cc(C(C)C)ccc12.CC(C)c1ccc2c(c1)OCc1c-2ccc2cc(C(C)C)ccc12. The van der Waals surface area contributed by atoms with Gasteiger partial charge in [0, 0.05) is 22.1 Å². The van der Waals surface area contributed by atoms with Gasteiger partial charge in [-0.25, -0.2) is 0 Å². The van der Waals surface area contributed by atoms with Gasteiger partial charge in [-0.3, -0.25) is 0 Å². The molecule has 2 aliphatic rings. The fourth-order valence-electron chi connectivity index (χ4n) is 7.12. The third kappa shape index (κ3) is 5.87. The summed E-state index contributed by atoms with van der Waals surface area (Å²) in [6.07, 6.45) is 0. The average molecular weight is 633 g/mol. The molecule has 48 heavy (non-hydrogen) atoms. The maximum absolute atomic E-state index is 6.20. The summed E-state index contributed by atoms with van der Waals surface area (Å²) in [6, 6.07) is 36.0. The van der Waals surface area contributed by atoms with E-state index in [0.717, 1.165) is 11.5 Å². The zero-order valence-corrected chi connectivity index (χ0v) is 29.8. The zero-order valence-electron chi connectivity index (χ0n) is 29.8. The summed E-state index contributed by atoms with van der Waals surface area (Å²) >= 11 is 0. The van der Waals surface area contributed by atoms with Crippen molar-refractivity contribution < 1.29 is 9.47 Å². The minimum absolute atomic E-state index is 0.520. The minimum atomic E-state index is 0.520. The highest BCUT2D eigenvalue weighted by Gasteiger charge is 2.22. The standard InChI is InChI=1S/2C23H24O/c1-14(2)16-5-8-19-18(11-16)7-9-20-21-10-6-17(15(3)4)12-23(21)24-13-22(19)20;1-14(2)16-6-9-21-18(11-16)7-10-22-20-8-5-17(15(3)4)12-19(20)13-24-23(21)22/h2*5-12,14-15H,13H2,1-4H3. The Bertz CT molecular complexity index is 1990. The van der Waals surface area contributed by atoms with Gasteiger partial charge >= 0.3 is 0 Å². The maximum atomic E-state index is 6.20. The summed E-state index contributed by atoms with van der Waals surface area (Å²) in [7, 11) is 0. The fourth-order valence-corrected chi connectivity index (χ4v) is 7.12. The third-order valence-electron chi connectivity index (χ3n) is 10.3. The Hall–Kier alpha value is -4.56. The Balaban J connectivity index is 0.000000152. The predicted octanol–water partition coefficient (Wildman–Crippen LogP) is 13.3. The maximum Gasteiger partial charge on any atom is 0.135 e. The molecule has 0 unspecified atom stereocenters. The number of rotatable bonds is 4. The number of benzene rings is 6. The van der Waals surface area contributed by atoms with Gasteiger partial charge in [-0.15, -0.1) is 0 Å². The Kier molecular flexibility index (Phi) is 8.54.